The van der Waals surface area contributed by atoms with Gasteiger partial charge in [-0.05, 0) is 29.2 Å². The third-order valence-electron chi connectivity index (χ3n) is 3.11. The zero-order valence-electron chi connectivity index (χ0n) is 11.0. The van der Waals surface area contributed by atoms with Gasteiger partial charge in [-0.3, -0.25) is 0 Å². The van der Waals surface area contributed by atoms with Crippen LogP contribution < -0.4 is 5.32 Å². The van der Waals surface area contributed by atoms with Crippen LogP contribution in [0.25, 0.3) is 12.2 Å². The second-order valence-electron chi connectivity index (χ2n) is 4.22. The monoisotopic (exact) mass is 237 g/mol. The van der Waals surface area contributed by atoms with E-state index >= 15 is 0 Å². The summed E-state index contributed by atoms with van der Waals surface area (Å²) in [4.78, 5) is 0. The summed E-state index contributed by atoms with van der Waals surface area (Å²) in [5, 5.41) is 3.21. The molecule has 0 amide bonds. The quantitative estimate of drug-likeness (QED) is 0.774. The van der Waals surface area contributed by atoms with Crippen molar-refractivity contribution in [1.82, 2.24) is 0 Å². The normalized spacial score (nSPS) is 10.8. The molecule has 0 aliphatic carbocycles. The second-order valence-corrected chi connectivity index (χ2v) is 4.22. The maximum absolute atomic E-state index is 3.21. The Kier molecular flexibility index (Phi) is 4.19. The van der Waals surface area contributed by atoms with Gasteiger partial charge in [0.15, 0.2) is 0 Å². The van der Waals surface area contributed by atoms with E-state index in [1.54, 1.807) is 0 Å². The molecule has 2 aromatic carbocycles. The zero-order valence-corrected chi connectivity index (χ0v) is 11.0. The van der Waals surface area contributed by atoms with Crippen LogP contribution in [-0.4, -0.2) is 7.05 Å². The molecule has 0 spiro atoms. The number of nitrogens with one attached hydrogen (secondary N) is 1. The Bertz CT molecular complexity index is 491. The molecule has 0 bridgehead atoms. The van der Waals surface area contributed by atoms with Gasteiger partial charge in [-0.2, -0.15) is 0 Å². The van der Waals surface area contributed by atoms with Crippen LogP contribution in [0.5, 0.6) is 0 Å². The molecule has 0 radical (unpaired) electrons. The number of aryl methyl sites for hydroxylation is 1. The van der Waals surface area contributed by atoms with Crippen molar-refractivity contribution in [2.75, 3.05) is 12.4 Å². The molecule has 1 heteroatoms. The molecule has 92 valence electrons. The molecule has 18 heavy (non-hydrogen) atoms. The maximum atomic E-state index is 3.21. The lowest BCUT2D eigenvalue weighted by Crippen LogP contribution is -1.90. The van der Waals surface area contributed by atoms with Crippen molar-refractivity contribution in [3.63, 3.8) is 0 Å². The van der Waals surface area contributed by atoms with E-state index in [-0.39, 0.29) is 0 Å². The zero-order chi connectivity index (χ0) is 12.8. The van der Waals surface area contributed by atoms with Gasteiger partial charge < -0.3 is 5.32 Å². The van der Waals surface area contributed by atoms with Gasteiger partial charge in [0.05, 0.1) is 0 Å². The third-order valence-corrected chi connectivity index (χ3v) is 3.11. The molecule has 2 aromatic rings. The lowest BCUT2D eigenvalue weighted by molar-refractivity contribution is 1.13. The fourth-order valence-corrected chi connectivity index (χ4v) is 2.07. The molecule has 0 atom stereocenters. The fourth-order valence-electron chi connectivity index (χ4n) is 2.07. The molecule has 0 aliphatic rings. The minimum atomic E-state index is 1.06. The fraction of sp³-hybridized carbons (Fsp3) is 0.176. The SMILES string of the molecule is CCc1ccccc1/C=C/c1ccccc1NC. The predicted octanol–water partition coefficient (Wildman–Crippen LogP) is 4.46. The highest BCUT2D eigenvalue weighted by molar-refractivity contribution is 5.77. The van der Waals surface area contributed by atoms with Gasteiger partial charge in [0, 0.05) is 12.7 Å². The summed E-state index contributed by atoms with van der Waals surface area (Å²) in [5.41, 5.74) is 5.05. The van der Waals surface area contributed by atoms with Gasteiger partial charge in [-0.25, -0.2) is 0 Å². The van der Waals surface area contributed by atoms with Crippen molar-refractivity contribution in [3.8, 4) is 0 Å². The number of hydrogen-bond acceptors (Lipinski definition) is 1. The molecule has 0 fully saturated rings. The Morgan fingerprint density at radius 1 is 0.889 bits per heavy atom. The van der Waals surface area contributed by atoms with Crippen molar-refractivity contribution in [2.24, 2.45) is 0 Å². The first-order valence-corrected chi connectivity index (χ1v) is 6.38. The van der Waals surface area contributed by atoms with E-state index < -0.39 is 0 Å². The Labute approximate surface area is 109 Å². The molecule has 1 N–H and O–H groups in total. The average Bonchev–Trinajstić information content (AvgIpc) is 2.45. The number of rotatable bonds is 4. The van der Waals surface area contributed by atoms with Crippen molar-refractivity contribution in [3.05, 3.63) is 65.2 Å². The Balaban J connectivity index is 2.30. The topological polar surface area (TPSA) is 12.0 Å². The average molecular weight is 237 g/mol. The highest BCUT2D eigenvalue weighted by Crippen LogP contribution is 2.19. The van der Waals surface area contributed by atoms with Gasteiger partial charge in [0.2, 0.25) is 0 Å². The molecule has 2 rings (SSSR count). The second kappa shape index (κ2) is 6.06. The van der Waals surface area contributed by atoms with Crippen molar-refractivity contribution in [1.29, 1.82) is 0 Å². The lowest BCUT2D eigenvalue weighted by Gasteiger charge is -2.05. The summed E-state index contributed by atoms with van der Waals surface area (Å²) in [5.74, 6) is 0. The Morgan fingerprint density at radius 2 is 1.50 bits per heavy atom. The van der Waals surface area contributed by atoms with Crippen LogP contribution in [0.15, 0.2) is 48.5 Å². The molecular formula is C17H19N. The van der Waals surface area contributed by atoms with Gasteiger partial charge >= 0.3 is 0 Å². The van der Waals surface area contributed by atoms with Crippen LogP contribution in [0.4, 0.5) is 5.69 Å². The van der Waals surface area contributed by atoms with Crippen molar-refractivity contribution in [2.45, 2.75) is 13.3 Å². The number of benzene rings is 2. The van der Waals surface area contributed by atoms with E-state index in [0.717, 1.165) is 12.1 Å². The maximum Gasteiger partial charge on any atom is 0.0411 e. The van der Waals surface area contributed by atoms with Crippen LogP contribution >= 0.6 is 0 Å². The minimum absolute atomic E-state index is 1.06. The Morgan fingerprint density at radius 3 is 2.22 bits per heavy atom. The summed E-state index contributed by atoms with van der Waals surface area (Å²) in [6.07, 6.45) is 5.42. The lowest BCUT2D eigenvalue weighted by atomic mass is 10.0. The van der Waals surface area contributed by atoms with Gasteiger partial charge in [-0.15, -0.1) is 0 Å². The molecule has 0 heterocycles. The Hall–Kier alpha value is -2.02. The summed E-state index contributed by atoms with van der Waals surface area (Å²) in [6.45, 7) is 2.19. The van der Waals surface area contributed by atoms with Crippen LogP contribution in [0.3, 0.4) is 0 Å². The summed E-state index contributed by atoms with van der Waals surface area (Å²) in [7, 11) is 1.95. The van der Waals surface area contributed by atoms with Crippen LogP contribution in [0.1, 0.15) is 23.6 Å². The van der Waals surface area contributed by atoms with E-state index in [2.05, 4.69) is 66.9 Å². The first-order valence-electron chi connectivity index (χ1n) is 6.38. The van der Waals surface area contributed by atoms with Crippen LogP contribution in [-0.2, 0) is 6.42 Å². The number of hydrogen-bond donors (Lipinski definition) is 1. The highest BCUT2D eigenvalue weighted by atomic mass is 14.8. The minimum Gasteiger partial charge on any atom is -0.388 e. The molecule has 0 unspecified atom stereocenters. The highest BCUT2D eigenvalue weighted by Gasteiger charge is 1.97. The summed E-state index contributed by atoms with van der Waals surface area (Å²) >= 11 is 0. The first kappa shape index (κ1) is 12.4. The third kappa shape index (κ3) is 2.80. The van der Waals surface area contributed by atoms with E-state index in [1.807, 2.05) is 13.1 Å². The standard InChI is InChI=1S/C17H19N/c1-3-14-8-4-5-9-15(14)12-13-16-10-6-7-11-17(16)18-2/h4-13,18H,3H2,1-2H3/b13-12+. The first-order chi connectivity index (χ1) is 8.85. The van der Waals surface area contributed by atoms with Gasteiger partial charge in [0.25, 0.3) is 0 Å². The van der Waals surface area contributed by atoms with Crippen molar-refractivity contribution >= 4 is 17.8 Å². The molecule has 0 saturated carbocycles. The molecule has 1 nitrogen and oxygen atoms in total. The summed E-state index contributed by atoms with van der Waals surface area (Å²) in [6, 6.07) is 16.8. The van der Waals surface area contributed by atoms with Gasteiger partial charge in [0.1, 0.15) is 0 Å². The predicted molar refractivity (Wildman–Crippen MR) is 80.7 cm³/mol. The van der Waals surface area contributed by atoms with E-state index in [0.29, 0.717) is 0 Å². The summed E-state index contributed by atoms with van der Waals surface area (Å²) < 4.78 is 0. The van der Waals surface area contributed by atoms with Crippen LogP contribution in [0.2, 0.25) is 0 Å². The largest absolute Gasteiger partial charge is 0.388 e. The van der Waals surface area contributed by atoms with Crippen molar-refractivity contribution < 1.29 is 0 Å². The number of para-hydroxylation sites is 1. The van der Waals surface area contributed by atoms with E-state index in [4.69, 9.17) is 0 Å². The molecular weight excluding hydrogens is 218 g/mol. The number of anilines is 1. The molecule has 0 saturated heterocycles. The van der Waals surface area contributed by atoms with E-state index in [1.165, 1.54) is 16.7 Å². The van der Waals surface area contributed by atoms with Gasteiger partial charge in [-0.1, -0.05) is 61.5 Å². The molecule has 0 aromatic heterocycles. The smallest absolute Gasteiger partial charge is 0.0411 e. The molecule has 0 aliphatic heterocycles. The van der Waals surface area contributed by atoms with E-state index in [9.17, 15) is 0 Å². The van der Waals surface area contributed by atoms with Crippen LogP contribution in [0, 0.1) is 0 Å².